The lowest BCUT2D eigenvalue weighted by Crippen LogP contribution is -2.41. The molecule has 0 radical (unpaired) electrons. The molecule has 0 unspecified atom stereocenters. The second kappa shape index (κ2) is 6.16. The average molecular weight is 345 g/mol. The van der Waals surface area contributed by atoms with E-state index in [0.29, 0.717) is 11.1 Å². The van der Waals surface area contributed by atoms with Crippen molar-refractivity contribution in [2.24, 2.45) is 7.05 Å². The zero-order valence-corrected chi connectivity index (χ0v) is 15.6. The van der Waals surface area contributed by atoms with Crippen LogP contribution in [0.2, 0.25) is 0 Å². The Morgan fingerprint density at radius 3 is 2.40 bits per heavy atom. The maximum absolute atomic E-state index is 12.2. The Balaban J connectivity index is 2.16. The van der Waals surface area contributed by atoms with Gasteiger partial charge in [-0.2, -0.15) is 0 Å². The SMILES string of the molecule is COCOc1cc2c(=O)ccn(C)c2cc1B1OC(C)(C)C(C)(C)O1. The summed E-state index contributed by atoms with van der Waals surface area (Å²) in [7, 11) is 2.86. The fourth-order valence-corrected chi connectivity index (χ4v) is 2.82. The Morgan fingerprint density at radius 2 is 1.80 bits per heavy atom. The number of methoxy groups -OCH3 is 1. The van der Waals surface area contributed by atoms with Gasteiger partial charge in [-0.05, 0) is 39.8 Å². The summed E-state index contributed by atoms with van der Waals surface area (Å²) >= 11 is 0. The first kappa shape index (κ1) is 18.0. The van der Waals surface area contributed by atoms with Gasteiger partial charge in [0.05, 0.1) is 16.7 Å². The van der Waals surface area contributed by atoms with E-state index in [1.54, 1.807) is 19.4 Å². The van der Waals surface area contributed by atoms with E-state index in [9.17, 15) is 4.79 Å². The van der Waals surface area contributed by atoms with Gasteiger partial charge in [0.25, 0.3) is 0 Å². The van der Waals surface area contributed by atoms with E-state index in [1.165, 1.54) is 6.07 Å². The number of aryl methyl sites for hydroxylation is 1. The van der Waals surface area contributed by atoms with Gasteiger partial charge in [-0.25, -0.2) is 0 Å². The molecule has 1 fully saturated rings. The van der Waals surface area contributed by atoms with Crippen LogP contribution >= 0.6 is 0 Å². The predicted octanol–water partition coefficient (Wildman–Crippen LogP) is 1.82. The van der Waals surface area contributed by atoms with Gasteiger partial charge in [-0.15, -0.1) is 0 Å². The molecule has 6 nitrogen and oxygen atoms in total. The first-order chi connectivity index (χ1) is 11.7. The molecule has 0 spiro atoms. The Bertz CT molecular complexity index is 842. The lowest BCUT2D eigenvalue weighted by molar-refractivity contribution is 0.00578. The van der Waals surface area contributed by atoms with E-state index in [1.807, 2.05) is 45.4 Å². The Kier molecular flexibility index (Phi) is 4.43. The van der Waals surface area contributed by atoms with Crippen LogP contribution in [0.15, 0.2) is 29.2 Å². The van der Waals surface area contributed by atoms with E-state index in [-0.39, 0.29) is 12.2 Å². The third-order valence-corrected chi connectivity index (χ3v) is 5.06. The van der Waals surface area contributed by atoms with Crippen molar-refractivity contribution in [1.82, 2.24) is 4.57 Å². The third kappa shape index (κ3) is 3.08. The predicted molar refractivity (Wildman–Crippen MR) is 97.4 cm³/mol. The van der Waals surface area contributed by atoms with Gasteiger partial charge < -0.3 is 23.3 Å². The molecule has 7 heteroatoms. The van der Waals surface area contributed by atoms with Crippen molar-refractivity contribution in [2.75, 3.05) is 13.9 Å². The van der Waals surface area contributed by atoms with E-state index in [4.69, 9.17) is 18.8 Å². The zero-order valence-electron chi connectivity index (χ0n) is 15.6. The number of nitrogens with zero attached hydrogens (tertiary/aromatic N) is 1. The maximum Gasteiger partial charge on any atom is 0.498 e. The molecule has 0 atom stereocenters. The van der Waals surface area contributed by atoms with Crippen LogP contribution in [-0.2, 0) is 21.1 Å². The lowest BCUT2D eigenvalue weighted by atomic mass is 9.77. The molecule has 1 aliphatic heterocycles. The van der Waals surface area contributed by atoms with Crippen molar-refractivity contribution in [3.8, 4) is 5.75 Å². The van der Waals surface area contributed by atoms with Gasteiger partial charge in [0, 0.05) is 37.3 Å². The van der Waals surface area contributed by atoms with Crippen LogP contribution in [0, 0.1) is 0 Å². The molecule has 134 valence electrons. The number of pyridine rings is 1. The van der Waals surface area contributed by atoms with Crippen molar-refractivity contribution in [1.29, 1.82) is 0 Å². The second-order valence-corrected chi connectivity index (χ2v) is 7.34. The molecule has 0 saturated carbocycles. The summed E-state index contributed by atoms with van der Waals surface area (Å²) < 4.78 is 24.9. The van der Waals surface area contributed by atoms with Crippen LogP contribution in [0.25, 0.3) is 10.9 Å². The lowest BCUT2D eigenvalue weighted by Gasteiger charge is -2.32. The van der Waals surface area contributed by atoms with Crippen molar-refractivity contribution < 1.29 is 18.8 Å². The molecule has 1 aliphatic rings. The fraction of sp³-hybridized carbons (Fsp3) is 0.500. The van der Waals surface area contributed by atoms with Crippen LogP contribution in [0.4, 0.5) is 0 Å². The normalized spacial score (nSPS) is 18.7. The Hall–Kier alpha value is -1.83. The second-order valence-electron chi connectivity index (χ2n) is 7.34. The topological polar surface area (TPSA) is 58.9 Å². The molecule has 0 amide bonds. The van der Waals surface area contributed by atoms with Crippen molar-refractivity contribution >= 4 is 23.5 Å². The van der Waals surface area contributed by atoms with Crippen LogP contribution in [0.1, 0.15) is 27.7 Å². The highest BCUT2D eigenvalue weighted by Gasteiger charge is 2.52. The summed E-state index contributed by atoms with van der Waals surface area (Å²) in [6.45, 7) is 8.07. The van der Waals surface area contributed by atoms with Gasteiger partial charge in [0.1, 0.15) is 5.75 Å². The largest absolute Gasteiger partial charge is 0.498 e. The minimum Gasteiger partial charge on any atom is -0.468 e. The number of rotatable bonds is 4. The van der Waals surface area contributed by atoms with Crippen LogP contribution in [0.5, 0.6) is 5.75 Å². The van der Waals surface area contributed by atoms with Gasteiger partial charge in [-0.3, -0.25) is 4.79 Å². The molecule has 0 aliphatic carbocycles. The Labute approximate surface area is 147 Å². The molecule has 0 N–H and O–H groups in total. The van der Waals surface area contributed by atoms with Gasteiger partial charge in [-0.1, -0.05) is 0 Å². The highest BCUT2D eigenvalue weighted by molar-refractivity contribution is 6.63. The van der Waals surface area contributed by atoms with E-state index < -0.39 is 18.3 Å². The van der Waals surface area contributed by atoms with Crippen LogP contribution in [0.3, 0.4) is 0 Å². The van der Waals surface area contributed by atoms with Gasteiger partial charge >= 0.3 is 7.12 Å². The molecule has 2 aromatic rings. The smallest absolute Gasteiger partial charge is 0.468 e. The number of hydrogen-bond acceptors (Lipinski definition) is 5. The van der Waals surface area contributed by atoms with Crippen molar-refractivity contribution in [3.05, 3.63) is 34.6 Å². The summed E-state index contributed by atoms with van der Waals surface area (Å²) in [5.74, 6) is 0.524. The minimum absolute atomic E-state index is 0.0594. The maximum atomic E-state index is 12.2. The highest BCUT2D eigenvalue weighted by Crippen LogP contribution is 2.37. The summed E-state index contributed by atoms with van der Waals surface area (Å²) in [6.07, 6.45) is 1.74. The summed E-state index contributed by atoms with van der Waals surface area (Å²) in [5.41, 5.74) is 0.545. The monoisotopic (exact) mass is 345 g/mol. The summed E-state index contributed by atoms with van der Waals surface area (Å²) in [4.78, 5) is 12.2. The minimum atomic E-state index is -0.587. The van der Waals surface area contributed by atoms with E-state index >= 15 is 0 Å². The molecule has 0 bridgehead atoms. The molecule has 1 saturated heterocycles. The van der Waals surface area contributed by atoms with Crippen LogP contribution in [-0.4, -0.2) is 36.8 Å². The number of aromatic nitrogens is 1. The molecular weight excluding hydrogens is 321 g/mol. The summed E-state index contributed by atoms with van der Waals surface area (Å²) in [5, 5.41) is 0.580. The molecular formula is C18H24BNO5. The van der Waals surface area contributed by atoms with E-state index in [2.05, 4.69) is 0 Å². The van der Waals surface area contributed by atoms with Gasteiger partial charge in [0.2, 0.25) is 0 Å². The fourth-order valence-electron chi connectivity index (χ4n) is 2.82. The third-order valence-electron chi connectivity index (χ3n) is 5.06. The molecule has 25 heavy (non-hydrogen) atoms. The number of fused-ring (bicyclic) bond motifs is 1. The molecule has 1 aromatic carbocycles. The molecule has 1 aromatic heterocycles. The Morgan fingerprint density at radius 1 is 1.16 bits per heavy atom. The van der Waals surface area contributed by atoms with Gasteiger partial charge in [0.15, 0.2) is 12.2 Å². The highest BCUT2D eigenvalue weighted by atomic mass is 16.7. The first-order valence-electron chi connectivity index (χ1n) is 8.27. The van der Waals surface area contributed by atoms with E-state index in [0.717, 1.165) is 11.0 Å². The quantitative estimate of drug-likeness (QED) is 0.625. The number of hydrogen-bond donors (Lipinski definition) is 0. The number of benzene rings is 1. The van der Waals surface area contributed by atoms with Crippen molar-refractivity contribution in [2.45, 2.75) is 38.9 Å². The average Bonchev–Trinajstić information content (AvgIpc) is 2.76. The first-order valence-corrected chi connectivity index (χ1v) is 8.27. The van der Waals surface area contributed by atoms with Crippen LogP contribution < -0.4 is 15.6 Å². The number of ether oxygens (including phenoxy) is 2. The molecule has 2 heterocycles. The standard InChI is InChI=1S/C18H24BNO5/c1-17(2)18(3,4)25-19(24-17)13-10-14-12(9-16(13)23-11-22-6)15(21)7-8-20(14)5/h7-10H,11H2,1-6H3. The molecule has 3 rings (SSSR count). The summed E-state index contributed by atoms with van der Waals surface area (Å²) in [6, 6.07) is 5.16. The zero-order chi connectivity index (χ0) is 18.4. The van der Waals surface area contributed by atoms with Crippen molar-refractivity contribution in [3.63, 3.8) is 0 Å².